The van der Waals surface area contributed by atoms with Gasteiger partial charge in [-0.3, -0.25) is 10.1 Å². The highest BCUT2D eigenvalue weighted by atomic mass is 35.5. The summed E-state index contributed by atoms with van der Waals surface area (Å²) in [7, 11) is 0. The summed E-state index contributed by atoms with van der Waals surface area (Å²) >= 11 is 5.83. The van der Waals surface area contributed by atoms with Gasteiger partial charge in [-0.15, -0.1) is 0 Å². The maximum atomic E-state index is 12.5. The Labute approximate surface area is 157 Å². The third kappa shape index (κ3) is 3.37. The molecule has 26 heavy (non-hydrogen) atoms. The van der Waals surface area contributed by atoms with Crippen molar-refractivity contribution in [2.75, 3.05) is 11.9 Å². The number of anilines is 1. The van der Waals surface area contributed by atoms with Crippen LogP contribution in [0, 0.1) is 0 Å². The van der Waals surface area contributed by atoms with E-state index in [4.69, 9.17) is 16.0 Å². The van der Waals surface area contributed by atoms with Gasteiger partial charge in [0.1, 0.15) is 6.26 Å². The van der Waals surface area contributed by atoms with Crippen LogP contribution in [0.3, 0.4) is 0 Å². The molecule has 136 valence electrons. The molecule has 0 fully saturated rings. The van der Waals surface area contributed by atoms with Crippen LogP contribution in [-0.4, -0.2) is 23.5 Å². The molecule has 1 aliphatic rings. The molecule has 5 nitrogen and oxygen atoms in total. The van der Waals surface area contributed by atoms with Crippen LogP contribution in [0.1, 0.15) is 41.4 Å². The van der Waals surface area contributed by atoms with Crippen LogP contribution in [0.25, 0.3) is 10.9 Å². The van der Waals surface area contributed by atoms with Crippen molar-refractivity contribution in [2.24, 2.45) is 0 Å². The summed E-state index contributed by atoms with van der Waals surface area (Å²) in [4.78, 5) is 16.0. The molecule has 6 heteroatoms. The van der Waals surface area contributed by atoms with E-state index in [1.54, 1.807) is 6.07 Å². The summed E-state index contributed by atoms with van der Waals surface area (Å²) < 4.78 is 5.19. The predicted octanol–water partition coefficient (Wildman–Crippen LogP) is 4.52. The number of hydrogen-bond donors (Lipinski definition) is 3. The van der Waals surface area contributed by atoms with Crippen molar-refractivity contribution in [1.29, 1.82) is 0 Å². The molecule has 2 heterocycles. The zero-order chi connectivity index (χ0) is 18.1. The van der Waals surface area contributed by atoms with Gasteiger partial charge in [0.15, 0.2) is 0 Å². The number of furan rings is 1. The SMILES string of the molecule is CCCNC1CCc2[nH]c3ccc(C(=O)Nc4cc(Cl)co4)cc3c2C1. The van der Waals surface area contributed by atoms with E-state index in [0.29, 0.717) is 22.5 Å². The van der Waals surface area contributed by atoms with Gasteiger partial charge in [-0.2, -0.15) is 0 Å². The molecule has 0 aliphatic heterocycles. The Morgan fingerprint density at radius 1 is 1.38 bits per heavy atom. The minimum absolute atomic E-state index is 0.204. The van der Waals surface area contributed by atoms with Crippen molar-refractivity contribution in [3.63, 3.8) is 0 Å². The number of aryl methyl sites for hydroxylation is 1. The van der Waals surface area contributed by atoms with E-state index in [0.717, 1.165) is 43.1 Å². The highest BCUT2D eigenvalue weighted by molar-refractivity contribution is 6.30. The van der Waals surface area contributed by atoms with Gasteiger partial charge in [0, 0.05) is 34.3 Å². The fourth-order valence-corrected chi connectivity index (χ4v) is 3.79. The van der Waals surface area contributed by atoms with Gasteiger partial charge in [0.05, 0.1) is 5.02 Å². The number of amides is 1. The summed E-state index contributed by atoms with van der Waals surface area (Å²) in [6.07, 6.45) is 5.71. The normalized spacial score (nSPS) is 16.6. The van der Waals surface area contributed by atoms with E-state index in [1.807, 2.05) is 18.2 Å². The lowest BCUT2D eigenvalue weighted by atomic mass is 9.91. The van der Waals surface area contributed by atoms with E-state index < -0.39 is 0 Å². The van der Waals surface area contributed by atoms with Gasteiger partial charge in [-0.25, -0.2) is 0 Å². The smallest absolute Gasteiger partial charge is 0.257 e. The molecular formula is C20H22ClN3O2. The van der Waals surface area contributed by atoms with Crippen molar-refractivity contribution in [2.45, 2.75) is 38.6 Å². The molecule has 0 bridgehead atoms. The fourth-order valence-electron chi connectivity index (χ4n) is 3.64. The highest BCUT2D eigenvalue weighted by Gasteiger charge is 2.22. The maximum Gasteiger partial charge on any atom is 0.257 e. The monoisotopic (exact) mass is 371 g/mol. The molecule has 1 atom stereocenters. The molecule has 1 aliphatic carbocycles. The van der Waals surface area contributed by atoms with E-state index in [-0.39, 0.29) is 5.91 Å². The second-order valence-electron chi connectivity index (χ2n) is 6.82. The van der Waals surface area contributed by atoms with Crippen molar-refractivity contribution in [1.82, 2.24) is 10.3 Å². The van der Waals surface area contributed by atoms with Crippen LogP contribution in [0.4, 0.5) is 5.88 Å². The zero-order valence-corrected chi connectivity index (χ0v) is 15.5. The first kappa shape index (κ1) is 17.2. The number of fused-ring (bicyclic) bond motifs is 3. The van der Waals surface area contributed by atoms with Crippen LogP contribution in [0.5, 0.6) is 0 Å². The third-order valence-corrected chi connectivity index (χ3v) is 5.14. The molecule has 0 radical (unpaired) electrons. The number of aromatic amines is 1. The number of carbonyl (C=O) groups is 1. The van der Waals surface area contributed by atoms with Gasteiger partial charge in [-0.1, -0.05) is 18.5 Å². The third-order valence-electron chi connectivity index (χ3n) is 4.94. The molecule has 1 amide bonds. The highest BCUT2D eigenvalue weighted by Crippen LogP contribution is 2.30. The Morgan fingerprint density at radius 2 is 2.27 bits per heavy atom. The number of aromatic nitrogens is 1. The average Bonchev–Trinajstić information content (AvgIpc) is 3.22. The molecule has 3 N–H and O–H groups in total. The van der Waals surface area contributed by atoms with Gasteiger partial charge in [0.2, 0.25) is 5.88 Å². The van der Waals surface area contributed by atoms with Gasteiger partial charge < -0.3 is 14.7 Å². The summed E-state index contributed by atoms with van der Waals surface area (Å²) in [5, 5.41) is 7.95. The van der Waals surface area contributed by atoms with Crippen LogP contribution in [0.2, 0.25) is 5.02 Å². The first-order chi connectivity index (χ1) is 12.6. The number of benzene rings is 1. The van der Waals surface area contributed by atoms with E-state index >= 15 is 0 Å². The van der Waals surface area contributed by atoms with Gasteiger partial charge in [0.25, 0.3) is 5.91 Å². The molecule has 0 spiro atoms. The second-order valence-corrected chi connectivity index (χ2v) is 7.26. The van der Waals surface area contributed by atoms with Gasteiger partial charge >= 0.3 is 0 Å². The lowest BCUT2D eigenvalue weighted by molar-refractivity contribution is 0.102. The summed E-state index contributed by atoms with van der Waals surface area (Å²) in [5.41, 5.74) is 4.32. The lowest BCUT2D eigenvalue weighted by Crippen LogP contribution is -2.34. The Balaban J connectivity index is 1.59. The number of carbonyl (C=O) groups excluding carboxylic acids is 1. The average molecular weight is 372 g/mol. The van der Waals surface area contributed by atoms with Gasteiger partial charge in [-0.05, 0) is 56.0 Å². The number of halogens is 1. The standard InChI is InChI=1S/C20H22ClN3O2/c1-2-7-22-14-4-6-18-16(10-14)15-8-12(3-5-17(15)23-18)20(25)24-19-9-13(21)11-26-19/h3,5,8-9,11,14,22-23H,2,4,6-7,10H2,1H3,(H,24,25). The predicted molar refractivity (Wildman–Crippen MR) is 104 cm³/mol. The Kier molecular flexibility index (Phi) is 4.74. The molecule has 0 saturated carbocycles. The summed E-state index contributed by atoms with van der Waals surface area (Å²) in [6.45, 7) is 3.23. The fraction of sp³-hybridized carbons (Fsp3) is 0.350. The van der Waals surface area contributed by atoms with Crippen LogP contribution in [0.15, 0.2) is 34.9 Å². The zero-order valence-electron chi connectivity index (χ0n) is 14.7. The lowest BCUT2D eigenvalue weighted by Gasteiger charge is -2.23. The minimum atomic E-state index is -0.204. The number of nitrogens with one attached hydrogen (secondary N) is 3. The van der Waals surface area contributed by atoms with Crippen molar-refractivity contribution in [3.05, 3.63) is 52.4 Å². The van der Waals surface area contributed by atoms with Crippen LogP contribution < -0.4 is 10.6 Å². The quantitative estimate of drug-likeness (QED) is 0.617. The summed E-state index contributed by atoms with van der Waals surface area (Å²) in [5.74, 6) is 0.143. The first-order valence-corrected chi connectivity index (χ1v) is 9.44. The van der Waals surface area contributed by atoms with Crippen molar-refractivity contribution >= 4 is 34.3 Å². The molecule has 4 rings (SSSR count). The van der Waals surface area contributed by atoms with E-state index in [2.05, 4.69) is 22.5 Å². The summed E-state index contributed by atoms with van der Waals surface area (Å²) in [6, 6.07) is 7.86. The van der Waals surface area contributed by atoms with Crippen LogP contribution in [-0.2, 0) is 12.8 Å². The molecular weight excluding hydrogens is 350 g/mol. The van der Waals surface area contributed by atoms with Crippen molar-refractivity contribution in [3.8, 4) is 0 Å². The largest absolute Gasteiger partial charge is 0.447 e. The maximum absolute atomic E-state index is 12.5. The van der Waals surface area contributed by atoms with Crippen LogP contribution >= 0.6 is 11.6 Å². The molecule has 3 aromatic rings. The number of H-pyrrole nitrogens is 1. The van der Waals surface area contributed by atoms with Crippen molar-refractivity contribution < 1.29 is 9.21 Å². The topological polar surface area (TPSA) is 70.1 Å². The van der Waals surface area contributed by atoms with E-state index in [1.165, 1.54) is 17.5 Å². The Hall–Kier alpha value is -2.24. The Bertz CT molecular complexity index is 944. The second kappa shape index (κ2) is 7.17. The Morgan fingerprint density at radius 3 is 3.04 bits per heavy atom. The molecule has 1 unspecified atom stereocenters. The number of hydrogen-bond acceptors (Lipinski definition) is 3. The van der Waals surface area contributed by atoms with E-state index in [9.17, 15) is 4.79 Å². The minimum Gasteiger partial charge on any atom is -0.447 e. The molecule has 1 aromatic carbocycles. The number of rotatable bonds is 5. The molecule has 0 saturated heterocycles. The first-order valence-electron chi connectivity index (χ1n) is 9.06. The molecule has 2 aromatic heterocycles.